The highest BCUT2D eigenvalue weighted by molar-refractivity contribution is 6.29. The van der Waals surface area contributed by atoms with Crippen molar-refractivity contribution in [1.29, 1.82) is 0 Å². The minimum Gasteiger partial charge on any atom is -0.510 e. The van der Waals surface area contributed by atoms with Crippen LogP contribution in [0.3, 0.4) is 0 Å². The molecule has 0 spiro atoms. The van der Waals surface area contributed by atoms with Gasteiger partial charge in [-0.1, -0.05) is 79.1 Å². The summed E-state index contributed by atoms with van der Waals surface area (Å²) in [4.78, 5) is 43.6. The third kappa shape index (κ3) is 4.60. The number of carbonyl (C=O) groups is 3. The number of Topliss-reactive ketones (excluding diaryl/α,β-unsaturated/α-hetero) is 3. The lowest BCUT2D eigenvalue weighted by molar-refractivity contribution is -0.163. The summed E-state index contributed by atoms with van der Waals surface area (Å²) >= 11 is 0. The van der Waals surface area contributed by atoms with Gasteiger partial charge in [-0.15, -0.1) is 0 Å². The molecule has 0 radical (unpaired) electrons. The lowest BCUT2D eigenvalue weighted by Gasteiger charge is -2.59. The predicted molar refractivity (Wildman–Crippen MR) is 149 cm³/mol. The van der Waals surface area contributed by atoms with E-state index in [-0.39, 0.29) is 35.9 Å². The molecule has 2 aliphatic carbocycles. The fraction of sp³-hybridized carbons (Fsp3) is 0.485. The molecule has 0 amide bonds. The fourth-order valence-electron chi connectivity index (χ4n) is 6.17. The number of aliphatic hydroxyl groups excluding tert-OH is 1. The van der Waals surface area contributed by atoms with E-state index in [4.69, 9.17) is 0 Å². The van der Waals surface area contributed by atoms with E-state index in [9.17, 15) is 19.5 Å². The average molecular weight is 503 g/mol. The zero-order chi connectivity index (χ0) is 27.8. The number of hydrogen-bond donors (Lipinski definition) is 1. The summed E-state index contributed by atoms with van der Waals surface area (Å²) in [5.41, 5.74) is -0.474. The van der Waals surface area contributed by atoms with Crippen molar-refractivity contribution in [3.8, 4) is 0 Å². The maximum absolute atomic E-state index is 14.8. The Balaban J connectivity index is 2.46. The van der Waals surface area contributed by atoms with Crippen LogP contribution in [0.25, 0.3) is 0 Å². The largest absolute Gasteiger partial charge is 0.510 e. The van der Waals surface area contributed by atoms with Gasteiger partial charge in [-0.2, -0.15) is 0 Å². The zero-order valence-corrected chi connectivity index (χ0v) is 23.7. The van der Waals surface area contributed by atoms with Crippen molar-refractivity contribution in [2.75, 3.05) is 0 Å². The molecule has 3 atom stereocenters. The van der Waals surface area contributed by atoms with Crippen molar-refractivity contribution in [2.45, 2.75) is 81.1 Å². The molecule has 1 N–H and O–H groups in total. The second kappa shape index (κ2) is 10.4. The van der Waals surface area contributed by atoms with Crippen molar-refractivity contribution in [2.24, 2.45) is 22.2 Å². The number of hydrogen-bond acceptors (Lipinski definition) is 4. The Morgan fingerprint density at radius 1 is 0.919 bits per heavy atom. The maximum atomic E-state index is 14.8. The van der Waals surface area contributed by atoms with E-state index in [1.54, 1.807) is 24.3 Å². The number of benzene rings is 1. The minimum absolute atomic E-state index is 0.172. The summed E-state index contributed by atoms with van der Waals surface area (Å²) in [6.07, 6.45) is 7.32. The zero-order valence-electron chi connectivity index (χ0n) is 23.7. The lowest BCUT2D eigenvalue weighted by Crippen LogP contribution is -2.68. The van der Waals surface area contributed by atoms with Crippen LogP contribution in [0, 0.1) is 22.2 Å². The second-order valence-corrected chi connectivity index (χ2v) is 12.1. The van der Waals surface area contributed by atoms with Crippen molar-refractivity contribution in [3.63, 3.8) is 0 Å². The molecular weight excluding hydrogens is 460 g/mol. The number of ketones is 3. The highest BCUT2D eigenvalue weighted by Crippen LogP contribution is 2.66. The Labute approximate surface area is 222 Å². The molecule has 1 aromatic carbocycles. The predicted octanol–water partition coefficient (Wildman–Crippen LogP) is 7.92. The molecule has 0 aliphatic heterocycles. The van der Waals surface area contributed by atoms with E-state index in [0.717, 1.165) is 16.7 Å². The normalized spacial score (nSPS) is 26.4. The molecule has 3 rings (SSSR count). The van der Waals surface area contributed by atoms with Crippen LogP contribution in [0.4, 0.5) is 0 Å². The van der Waals surface area contributed by atoms with E-state index in [1.165, 1.54) is 0 Å². The number of allylic oxidation sites excluding steroid dienone is 8. The first-order chi connectivity index (χ1) is 17.2. The van der Waals surface area contributed by atoms with Crippen LogP contribution in [-0.2, 0) is 9.59 Å². The Kier molecular flexibility index (Phi) is 8.02. The van der Waals surface area contributed by atoms with Gasteiger partial charge in [0, 0.05) is 11.1 Å². The third-order valence-corrected chi connectivity index (χ3v) is 8.47. The molecule has 1 fully saturated rings. The van der Waals surface area contributed by atoms with Crippen molar-refractivity contribution in [1.82, 2.24) is 0 Å². The van der Waals surface area contributed by atoms with Gasteiger partial charge in [-0.3, -0.25) is 14.4 Å². The van der Waals surface area contributed by atoms with E-state index >= 15 is 0 Å². The Hall–Kier alpha value is -3.01. The Bertz CT molecular complexity index is 1210. The van der Waals surface area contributed by atoms with Gasteiger partial charge in [0.25, 0.3) is 0 Å². The number of carbonyl (C=O) groups excluding carboxylic acids is 3. The average Bonchev–Trinajstić information content (AvgIpc) is 2.82. The molecule has 2 bridgehead atoms. The fourth-order valence-corrected chi connectivity index (χ4v) is 6.17. The van der Waals surface area contributed by atoms with Crippen LogP contribution in [0.2, 0.25) is 0 Å². The van der Waals surface area contributed by atoms with E-state index in [1.807, 2.05) is 73.6 Å². The summed E-state index contributed by atoms with van der Waals surface area (Å²) in [7, 11) is 0. The maximum Gasteiger partial charge on any atom is 0.184 e. The molecule has 4 heteroatoms. The van der Waals surface area contributed by atoms with E-state index in [0.29, 0.717) is 18.4 Å². The van der Waals surface area contributed by atoms with Gasteiger partial charge >= 0.3 is 0 Å². The second-order valence-electron chi connectivity index (χ2n) is 12.1. The van der Waals surface area contributed by atoms with Crippen LogP contribution in [0.5, 0.6) is 0 Å². The molecule has 1 saturated carbocycles. The number of aliphatic hydroxyl groups is 1. The summed E-state index contributed by atoms with van der Waals surface area (Å²) in [6.45, 7) is 15.6. The molecule has 0 aromatic heterocycles. The quantitative estimate of drug-likeness (QED) is 0.223. The molecule has 37 heavy (non-hydrogen) atoms. The molecule has 2 aliphatic rings. The van der Waals surface area contributed by atoms with E-state index in [2.05, 4.69) is 6.08 Å². The Morgan fingerprint density at radius 3 is 2.03 bits per heavy atom. The van der Waals surface area contributed by atoms with Crippen LogP contribution >= 0.6 is 0 Å². The van der Waals surface area contributed by atoms with Gasteiger partial charge in [0.15, 0.2) is 22.8 Å². The van der Waals surface area contributed by atoms with Crippen molar-refractivity contribution < 1.29 is 19.5 Å². The first-order valence-corrected chi connectivity index (χ1v) is 13.3. The van der Waals surface area contributed by atoms with Crippen LogP contribution in [0.15, 0.2) is 76.6 Å². The van der Waals surface area contributed by atoms with Crippen molar-refractivity contribution >= 4 is 17.3 Å². The lowest BCUT2D eigenvalue weighted by atomic mass is 9.39. The minimum atomic E-state index is -1.85. The third-order valence-electron chi connectivity index (χ3n) is 8.47. The summed E-state index contributed by atoms with van der Waals surface area (Å²) in [5, 5.41) is 12.0. The van der Waals surface area contributed by atoms with Crippen LogP contribution < -0.4 is 0 Å². The molecule has 0 unspecified atom stereocenters. The van der Waals surface area contributed by atoms with Crippen LogP contribution in [-0.4, -0.2) is 22.5 Å². The smallest absolute Gasteiger partial charge is 0.184 e. The molecule has 198 valence electrons. The van der Waals surface area contributed by atoms with Gasteiger partial charge in [0.1, 0.15) is 5.76 Å². The molecular formula is C33H42O4. The first kappa shape index (κ1) is 28.6. The van der Waals surface area contributed by atoms with Gasteiger partial charge in [0.05, 0.1) is 5.41 Å². The van der Waals surface area contributed by atoms with Gasteiger partial charge in [-0.05, 0) is 78.6 Å². The summed E-state index contributed by atoms with van der Waals surface area (Å²) in [6, 6.07) is 8.73. The summed E-state index contributed by atoms with van der Waals surface area (Å²) < 4.78 is 0. The van der Waals surface area contributed by atoms with Gasteiger partial charge < -0.3 is 5.11 Å². The van der Waals surface area contributed by atoms with Gasteiger partial charge in [-0.25, -0.2) is 0 Å². The monoisotopic (exact) mass is 502 g/mol. The molecule has 0 heterocycles. The topological polar surface area (TPSA) is 71.4 Å². The molecule has 0 saturated heterocycles. The number of rotatable bonds is 8. The van der Waals surface area contributed by atoms with Crippen LogP contribution in [0.1, 0.15) is 91.4 Å². The Morgan fingerprint density at radius 2 is 1.49 bits per heavy atom. The standard InChI is InChI=1S/C33H42O4/c1-21(2)14-16-25-20-32(19-18-23(5)6)28(35)26(17-15-22(3)4)29(36)33(30(32)37,31(25,7)8)27(34)24-12-10-9-11-13-24/h9-15,18,25,36H,16-17,19-20H2,1-8H3/t25-,32+,33-/m0/s1. The van der Waals surface area contributed by atoms with E-state index < -0.39 is 27.8 Å². The summed E-state index contributed by atoms with van der Waals surface area (Å²) in [5.74, 6) is -1.73. The highest BCUT2D eigenvalue weighted by atomic mass is 16.3. The van der Waals surface area contributed by atoms with Gasteiger partial charge in [0.2, 0.25) is 0 Å². The van der Waals surface area contributed by atoms with Crippen molar-refractivity contribution in [3.05, 3.63) is 82.2 Å². The number of fused-ring (bicyclic) bond motifs is 2. The molecule has 4 nitrogen and oxygen atoms in total. The molecule has 1 aromatic rings. The highest BCUT2D eigenvalue weighted by Gasteiger charge is 2.74. The first-order valence-electron chi connectivity index (χ1n) is 13.3. The SMILES string of the molecule is CC(C)=CCC1=C(O)[C@@]2(C(=O)c3ccccc3)C(=O)[C@](CC=C(C)C)(C[C@H](CC=C(C)C)C2(C)C)C1=O.